The number of fused-ring (bicyclic) bond motifs is 3. The number of nitrogens with one attached hydrogen (secondary N) is 1. The first-order valence-corrected chi connectivity index (χ1v) is 10.2. The summed E-state index contributed by atoms with van der Waals surface area (Å²) in [6.07, 6.45) is 3.50. The number of aromatic hydroxyl groups is 1. The molecule has 0 spiro atoms. The van der Waals surface area contributed by atoms with E-state index in [0.717, 1.165) is 11.1 Å². The van der Waals surface area contributed by atoms with E-state index in [1.807, 2.05) is 24.3 Å². The molecule has 0 aromatic heterocycles. The van der Waals surface area contributed by atoms with Crippen molar-refractivity contribution < 1.29 is 24.2 Å². The first kappa shape index (κ1) is 21.2. The molecule has 2 N–H and O–H groups in total. The Kier molecular flexibility index (Phi) is 6.22. The summed E-state index contributed by atoms with van der Waals surface area (Å²) in [7, 11) is 1.43. The molecule has 1 amide bonds. The number of carbonyl (C=O) groups is 2. The summed E-state index contributed by atoms with van der Waals surface area (Å²) < 4.78 is 10.6. The van der Waals surface area contributed by atoms with Gasteiger partial charge in [0.1, 0.15) is 6.61 Å². The van der Waals surface area contributed by atoms with Gasteiger partial charge in [-0.05, 0) is 39.9 Å². The number of amides is 1. The molecule has 0 radical (unpaired) electrons. The number of ether oxygens (including phenoxy) is 2. The lowest BCUT2D eigenvalue weighted by molar-refractivity contribution is 0.112. The van der Waals surface area contributed by atoms with Crippen molar-refractivity contribution >= 4 is 18.5 Å². The third kappa shape index (κ3) is 4.21. The first-order valence-electron chi connectivity index (χ1n) is 10.2. The van der Waals surface area contributed by atoms with E-state index in [2.05, 4.69) is 29.6 Å². The zero-order valence-electron chi connectivity index (χ0n) is 17.6. The Hall–Kier alpha value is -4.06. The lowest BCUT2D eigenvalue weighted by Crippen LogP contribution is -2.26. The molecule has 0 bridgehead atoms. The van der Waals surface area contributed by atoms with Gasteiger partial charge in [0.2, 0.25) is 0 Å². The van der Waals surface area contributed by atoms with Gasteiger partial charge in [-0.3, -0.25) is 4.79 Å². The summed E-state index contributed by atoms with van der Waals surface area (Å²) in [4.78, 5) is 23.5. The van der Waals surface area contributed by atoms with Crippen LogP contribution in [0.4, 0.5) is 4.79 Å². The molecule has 0 fully saturated rings. The van der Waals surface area contributed by atoms with Gasteiger partial charge in [0.25, 0.3) is 0 Å². The molecule has 1 aliphatic rings. The second kappa shape index (κ2) is 9.39. The quantitative estimate of drug-likeness (QED) is 0.529. The maximum absolute atomic E-state index is 12.2. The number of rotatable bonds is 7. The van der Waals surface area contributed by atoms with Crippen molar-refractivity contribution in [3.8, 4) is 22.6 Å². The van der Waals surface area contributed by atoms with Crippen LogP contribution in [0.1, 0.15) is 33.0 Å². The molecule has 0 heterocycles. The zero-order chi connectivity index (χ0) is 22.5. The van der Waals surface area contributed by atoms with Crippen molar-refractivity contribution in [1.29, 1.82) is 0 Å². The van der Waals surface area contributed by atoms with Gasteiger partial charge in [0.15, 0.2) is 17.8 Å². The van der Waals surface area contributed by atoms with Gasteiger partial charge >= 0.3 is 6.09 Å². The minimum absolute atomic E-state index is 0.00306. The first-order chi connectivity index (χ1) is 15.6. The Morgan fingerprint density at radius 2 is 1.69 bits per heavy atom. The van der Waals surface area contributed by atoms with Gasteiger partial charge in [-0.15, -0.1) is 0 Å². The van der Waals surface area contributed by atoms with E-state index in [0.29, 0.717) is 17.4 Å². The second-order valence-electron chi connectivity index (χ2n) is 7.38. The summed E-state index contributed by atoms with van der Waals surface area (Å²) in [6, 6.07) is 19.2. The van der Waals surface area contributed by atoms with Gasteiger partial charge in [-0.2, -0.15) is 0 Å². The molecule has 0 unspecified atom stereocenters. The fraction of sp³-hybridized carbons (Fsp3) is 0.154. The summed E-state index contributed by atoms with van der Waals surface area (Å²) in [5, 5.41) is 12.5. The van der Waals surface area contributed by atoms with Crippen molar-refractivity contribution in [2.45, 2.75) is 5.92 Å². The fourth-order valence-corrected chi connectivity index (χ4v) is 3.99. The molecule has 6 nitrogen and oxygen atoms in total. The largest absolute Gasteiger partial charge is 0.504 e. The highest BCUT2D eigenvalue weighted by atomic mass is 16.5. The highest BCUT2D eigenvalue weighted by Crippen LogP contribution is 2.44. The fourth-order valence-electron chi connectivity index (χ4n) is 3.99. The van der Waals surface area contributed by atoms with Crippen molar-refractivity contribution in [2.75, 3.05) is 20.3 Å². The summed E-state index contributed by atoms with van der Waals surface area (Å²) in [5.74, 6) is 0.159. The third-order valence-corrected chi connectivity index (χ3v) is 5.52. The molecule has 3 aromatic rings. The molecule has 0 saturated carbocycles. The summed E-state index contributed by atoms with van der Waals surface area (Å²) >= 11 is 0. The average Bonchev–Trinajstić information content (AvgIpc) is 3.14. The van der Waals surface area contributed by atoms with Crippen LogP contribution in [0.25, 0.3) is 17.2 Å². The van der Waals surface area contributed by atoms with Crippen molar-refractivity contribution in [1.82, 2.24) is 5.32 Å². The minimum Gasteiger partial charge on any atom is -0.504 e. The molecule has 0 aliphatic heterocycles. The Morgan fingerprint density at radius 1 is 1.03 bits per heavy atom. The zero-order valence-corrected chi connectivity index (χ0v) is 17.6. The van der Waals surface area contributed by atoms with E-state index in [1.165, 1.54) is 24.3 Å². The summed E-state index contributed by atoms with van der Waals surface area (Å²) in [5.41, 5.74) is 5.56. The molecule has 0 atom stereocenters. The van der Waals surface area contributed by atoms with E-state index in [4.69, 9.17) is 9.47 Å². The number of phenolic OH excluding ortho intramolecular Hbond substituents is 1. The van der Waals surface area contributed by atoms with E-state index < -0.39 is 6.09 Å². The van der Waals surface area contributed by atoms with E-state index in [1.54, 1.807) is 18.2 Å². The van der Waals surface area contributed by atoms with Gasteiger partial charge in [0.05, 0.1) is 7.11 Å². The van der Waals surface area contributed by atoms with Gasteiger partial charge < -0.3 is 19.9 Å². The SMILES string of the molecule is COc1cc(C=CCNC(=O)OCC2c3ccccc3-c3ccccc32)c(C=O)cc1O. The van der Waals surface area contributed by atoms with Gasteiger partial charge in [-0.1, -0.05) is 60.7 Å². The lowest BCUT2D eigenvalue weighted by atomic mass is 9.98. The lowest BCUT2D eigenvalue weighted by Gasteiger charge is -2.14. The number of benzene rings is 3. The van der Waals surface area contributed by atoms with E-state index >= 15 is 0 Å². The minimum atomic E-state index is -0.518. The van der Waals surface area contributed by atoms with Crippen LogP contribution in [0.3, 0.4) is 0 Å². The predicted octanol–water partition coefficient (Wildman–Crippen LogP) is 4.77. The van der Waals surface area contributed by atoms with Crippen molar-refractivity contribution in [3.63, 3.8) is 0 Å². The number of alkyl carbamates (subject to hydrolysis) is 1. The molecule has 32 heavy (non-hydrogen) atoms. The van der Waals surface area contributed by atoms with Crippen LogP contribution >= 0.6 is 0 Å². The smallest absolute Gasteiger partial charge is 0.407 e. The van der Waals surface area contributed by atoms with Crippen LogP contribution in [0.15, 0.2) is 66.7 Å². The van der Waals surface area contributed by atoms with Crippen LogP contribution in [0.5, 0.6) is 11.5 Å². The van der Waals surface area contributed by atoms with Crippen LogP contribution in [0, 0.1) is 0 Å². The topological polar surface area (TPSA) is 84.9 Å². The molecular formula is C26H23NO5. The second-order valence-corrected chi connectivity index (χ2v) is 7.38. The Bertz CT molecular complexity index is 1140. The van der Waals surface area contributed by atoms with E-state index in [9.17, 15) is 14.7 Å². The van der Waals surface area contributed by atoms with E-state index in [-0.39, 0.29) is 30.6 Å². The summed E-state index contributed by atoms with van der Waals surface area (Å²) in [6.45, 7) is 0.464. The monoisotopic (exact) mass is 429 g/mol. The molecule has 162 valence electrons. The van der Waals surface area contributed by atoms with Gasteiger partial charge in [0, 0.05) is 18.0 Å². The maximum Gasteiger partial charge on any atom is 0.407 e. The number of carbonyl (C=O) groups excluding carboxylic acids is 2. The van der Waals surface area contributed by atoms with Crippen molar-refractivity contribution in [3.05, 3.63) is 89.0 Å². The van der Waals surface area contributed by atoms with Crippen LogP contribution < -0.4 is 10.1 Å². The number of hydrogen-bond donors (Lipinski definition) is 2. The van der Waals surface area contributed by atoms with Crippen LogP contribution in [0.2, 0.25) is 0 Å². The number of methoxy groups -OCH3 is 1. The van der Waals surface area contributed by atoms with Gasteiger partial charge in [-0.25, -0.2) is 4.79 Å². The molecule has 4 rings (SSSR count). The van der Waals surface area contributed by atoms with Crippen molar-refractivity contribution in [2.24, 2.45) is 0 Å². The average molecular weight is 429 g/mol. The Balaban J connectivity index is 1.35. The number of hydrogen-bond acceptors (Lipinski definition) is 5. The molecular weight excluding hydrogens is 406 g/mol. The molecule has 1 aliphatic carbocycles. The normalized spacial score (nSPS) is 12.3. The number of phenols is 1. The number of aldehydes is 1. The third-order valence-electron chi connectivity index (χ3n) is 5.52. The van der Waals surface area contributed by atoms with Crippen LogP contribution in [-0.4, -0.2) is 37.7 Å². The Morgan fingerprint density at radius 3 is 2.31 bits per heavy atom. The molecule has 6 heteroatoms. The maximum atomic E-state index is 12.2. The van der Waals surface area contributed by atoms with Crippen LogP contribution in [-0.2, 0) is 4.74 Å². The molecule has 0 saturated heterocycles. The highest BCUT2D eigenvalue weighted by molar-refractivity contribution is 5.84. The highest BCUT2D eigenvalue weighted by Gasteiger charge is 2.28. The predicted molar refractivity (Wildman–Crippen MR) is 122 cm³/mol. The molecule has 3 aromatic carbocycles. The Labute approximate surface area is 186 Å². The standard InChI is InChI=1S/C26H23NO5/c1-31-25-14-17(18(15-28)13-24(25)29)7-6-12-27-26(30)32-16-23-21-10-4-2-8-19(21)20-9-3-5-11-22(20)23/h2-11,13-15,23,29H,12,16H2,1H3,(H,27,30).